The van der Waals surface area contributed by atoms with Gasteiger partial charge in [0.15, 0.2) is 5.13 Å². The van der Waals surface area contributed by atoms with Crippen LogP contribution in [0.1, 0.15) is 13.8 Å². The highest BCUT2D eigenvalue weighted by Gasteiger charge is 2.10. The molecule has 3 aromatic rings. The zero-order valence-corrected chi connectivity index (χ0v) is 13.0. The van der Waals surface area contributed by atoms with Crippen LogP contribution in [-0.2, 0) is 0 Å². The van der Waals surface area contributed by atoms with E-state index in [2.05, 4.69) is 52.0 Å². The normalized spacial score (nSPS) is 11.1. The number of thiophene rings is 1. The predicted molar refractivity (Wildman–Crippen MR) is 85.3 cm³/mol. The number of hydrogen-bond donors (Lipinski definition) is 1. The molecule has 0 amide bonds. The van der Waals surface area contributed by atoms with E-state index in [-0.39, 0.29) is 0 Å². The van der Waals surface area contributed by atoms with Crippen molar-refractivity contribution in [3.05, 3.63) is 29.1 Å². The topological polar surface area (TPSA) is 37.8 Å². The van der Waals surface area contributed by atoms with Gasteiger partial charge in [0.1, 0.15) is 5.01 Å². The molecule has 0 spiro atoms. The molecular weight excluding hydrogens is 294 g/mol. The Kier molecular flexibility index (Phi) is 3.63. The third kappa shape index (κ3) is 2.86. The van der Waals surface area contributed by atoms with E-state index >= 15 is 0 Å². The van der Waals surface area contributed by atoms with Crippen molar-refractivity contribution in [2.24, 2.45) is 0 Å². The SMILES string of the molecule is CC(C)Nc1nc(-c2cnc(-c3cccs3)s2)cs1. The molecular formula is C13H13N3S3. The highest BCUT2D eigenvalue weighted by Crippen LogP contribution is 2.35. The van der Waals surface area contributed by atoms with Gasteiger partial charge in [-0.05, 0) is 25.3 Å². The number of thiazole rings is 2. The summed E-state index contributed by atoms with van der Waals surface area (Å²) < 4.78 is 0. The fraction of sp³-hybridized carbons (Fsp3) is 0.231. The van der Waals surface area contributed by atoms with Gasteiger partial charge in [-0.3, -0.25) is 0 Å². The summed E-state index contributed by atoms with van der Waals surface area (Å²) in [6, 6.07) is 4.55. The molecule has 0 fully saturated rings. The van der Waals surface area contributed by atoms with Crippen LogP contribution in [0.15, 0.2) is 29.1 Å². The first-order valence-electron chi connectivity index (χ1n) is 5.94. The van der Waals surface area contributed by atoms with Gasteiger partial charge in [0.05, 0.1) is 15.4 Å². The Balaban J connectivity index is 1.84. The van der Waals surface area contributed by atoms with Crippen LogP contribution < -0.4 is 5.32 Å². The highest BCUT2D eigenvalue weighted by molar-refractivity contribution is 7.23. The molecule has 0 saturated carbocycles. The molecule has 0 bridgehead atoms. The molecule has 0 radical (unpaired) electrons. The highest BCUT2D eigenvalue weighted by atomic mass is 32.1. The lowest BCUT2D eigenvalue weighted by Gasteiger charge is -2.04. The van der Waals surface area contributed by atoms with Gasteiger partial charge in [-0.25, -0.2) is 9.97 Å². The summed E-state index contributed by atoms with van der Waals surface area (Å²) in [4.78, 5) is 11.4. The van der Waals surface area contributed by atoms with Crippen molar-refractivity contribution in [1.82, 2.24) is 9.97 Å². The average molecular weight is 307 g/mol. The third-order valence-electron chi connectivity index (χ3n) is 2.41. The minimum atomic E-state index is 0.405. The molecule has 0 atom stereocenters. The van der Waals surface area contributed by atoms with Crippen molar-refractivity contribution in [2.45, 2.75) is 19.9 Å². The summed E-state index contributed by atoms with van der Waals surface area (Å²) in [5, 5.41) is 9.51. The monoisotopic (exact) mass is 307 g/mol. The van der Waals surface area contributed by atoms with Gasteiger partial charge in [-0.15, -0.1) is 34.0 Å². The standard InChI is InChI=1S/C13H13N3S3/c1-8(2)15-13-16-9(7-18-13)11-6-14-12(19-11)10-4-3-5-17-10/h3-8H,1-2H3,(H,15,16). The van der Waals surface area contributed by atoms with Crippen LogP contribution in [0, 0.1) is 0 Å². The number of nitrogens with one attached hydrogen (secondary N) is 1. The molecule has 0 aliphatic carbocycles. The van der Waals surface area contributed by atoms with Crippen LogP contribution in [0.2, 0.25) is 0 Å². The lowest BCUT2D eigenvalue weighted by Crippen LogP contribution is -2.08. The maximum absolute atomic E-state index is 4.60. The average Bonchev–Trinajstić information content (AvgIpc) is 3.09. The summed E-state index contributed by atoms with van der Waals surface area (Å²) in [6.45, 7) is 4.23. The molecule has 3 heterocycles. The van der Waals surface area contributed by atoms with E-state index in [9.17, 15) is 0 Å². The Morgan fingerprint density at radius 3 is 2.84 bits per heavy atom. The smallest absolute Gasteiger partial charge is 0.183 e. The third-order valence-corrected chi connectivity index (χ3v) is 5.24. The number of anilines is 1. The second-order valence-corrected chi connectivity index (χ2v) is 7.18. The Labute approximate surface area is 124 Å². The van der Waals surface area contributed by atoms with Crippen molar-refractivity contribution in [2.75, 3.05) is 5.32 Å². The Morgan fingerprint density at radius 2 is 2.11 bits per heavy atom. The fourth-order valence-corrected chi connectivity index (χ4v) is 4.22. The first kappa shape index (κ1) is 12.8. The zero-order valence-electron chi connectivity index (χ0n) is 10.6. The molecule has 1 N–H and O–H groups in total. The largest absolute Gasteiger partial charge is 0.359 e. The van der Waals surface area contributed by atoms with Crippen molar-refractivity contribution in [3.63, 3.8) is 0 Å². The minimum Gasteiger partial charge on any atom is -0.359 e. The van der Waals surface area contributed by atoms with E-state index in [1.807, 2.05) is 6.20 Å². The van der Waals surface area contributed by atoms with Crippen molar-refractivity contribution in [1.29, 1.82) is 0 Å². The van der Waals surface area contributed by atoms with Crippen LogP contribution in [-0.4, -0.2) is 16.0 Å². The molecule has 3 rings (SSSR count). The summed E-state index contributed by atoms with van der Waals surface area (Å²) in [5.41, 5.74) is 1.01. The summed E-state index contributed by atoms with van der Waals surface area (Å²) >= 11 is 5.05. The van der Waals surface area contributed by atoms with E-state index < -0.39 is 0 Å². The van der Waals surface area contributed by atoms with Gasteiger partial charge >= 0.3 is 0 Å². The number of hydrogen-bond acceptors (Lipinski definition) is 6. The van der Waals surface area contributed by atoms with Crippen molar-refractivity contribution in [3.8, 4) is 20.5 Å². The first-order valence-corrected chi connectivity index (χ1v) is 8.52. The second-order valence-electron chi connectivity index (χ2n) is 4.34. The second kappa shape index (κ2) is 5.40. The first-order chi connectivity index (χ1) is 9.22. The maximum atomic E-state index is 4.60. The van der Waals surface area contributed by atoms with Crippen LogP contribution in [0.25, 0.3) is 20.5 Å². The van der Waals surface area contributed by atoms with Crippen LogP contribution >= 0.6 is 34.0 Å². The van der Waals surface area contributed by atoms with Crippen LogP contribution in [0.4, 0.5) is 5.13 Å². The molecule has 98 valence electrons. The zero-order chi connectivity index (χ0) is 13.2. The summed E-state index contributed by atoms with van der Waals surface area (Å²) in [5.74, 6) is 0. The van der Waals surface area contributed by atoms with Gasteiger partial charge in [0, 0.05) is 17.6 Å². The number of nitrogens with zero attached hydrogens (tertiary/aromatic N) is 2. The maximum Gasteiger partial charge on any atom is 0.183 e. The van der Waals surface area contributed by atoms with E-state index in [0.717, 1.165) is 20.7 Å². The van der Waals surface area contributed by atoms with E-state index in [1.54, 1.807) is 34.0 Å². The molecule has 6 heteroatoms. The molecule has 3 aromatic heterocycles. The van der Waals surface area contributed by atoms with E-state index in [4.69, 9.17) is 0 Å². The van der Waals surface area contributed by atoms with Gasteiger partial charge in [-0.1, -0.05) is 6.07 Å². The van der Waals surface area contributed by atoms with Crippen molar-refractivity contribution >= 4 is 39.1 Å². The molecule has 19 heavy (non-hydrogen) atoms. The summed E-state index contributed by atoms with van der Waals surface area (Å²) in [6.07, 6.45) is 1.91. The molecule has 3 nitrogen and oxygen atoms in total. The number of rotatable bonds is 4. The predicted octanol–water partition coefficient (Wildman–Crippen LogP) is 4.82. The van der Waals surface area contributed by atoms with Gasteiger partial charge in [0.2, 0.25) is 0 Å². The van der Waals surface area contributed by atoms with Gasteiger partial charge in [-0.2, -0.15) is 0 Å². The molecule has 0 saturated heterocycles. The Bertz CT molecular complexity index is 652. The van der Waals surface area contributed by atoms with Gasteiger partial charge < -0.3 is 5.32 Å². The quantitative estimate of drug-likeness (QED) is 0.751. The molecule has 0 aliphatic heterocycles. The lowest BCUT2D eigenvalue weighted by molar-refractivity contribution is 0.897. The molecule has 0 aromatic carbocycles. The lowest BCUT2D eigenvalue weighted by atomic mass is 10.4. The fourth-order valence-electron chi connectivity index (χ4n) is 1.61. The van der Waals surface area contributed by atoms with Crippen LogP contribution in [0.3, 0.4) is 0 Å². The van der Waals surface area contributed by atoms with E-state index in [0.29, 0.717) is 6.04 Å². The van der Waals surface area contributed by atoms with Crippen molar-refractivity contribution < 1.29 is 0 Å². The Hall–Kier alpha value is -1.24. The Morgan fingerprint density at radius 1 is 1.21 bits per heavy atom. The molecule has 0 aliphatic rings. The van der Waals surface area contributed by atoms with Gasteiger partial charge in [0.25, 0.3) is 0 Å². The number of aromatic nitrogens is 2. The summed E-state index contributed by atoms with van der Waals surface area (Å²) in [7, 11) is 0. The van der Waals surface area contributed by atoms with Crippen LogP contribution in [0.5, 0.6) is 0 Å². The molecule has 0 unspecified atom stereocenters. The van der Waals surface area contributed by atoms with E-state index in [1.165, 1.54) is 4.88 Å². The minimum absolute atomic E-state index is 0.405.